The molecule has 4 heterocycles. The van der Waals surface area contributed by atoms with Crippen molar-refractivity contribution >= 4 is 52.9 Å². The SMILES string of the molecule is [3H]C1CC(=O)N(CC(=O)NCCC(=O)N[C@H](C(=O)N[C@@H](CO)C(=O)NCCNC(=O)[C@]2(O)Cc3c(O)c4c(c(O)c3[C@@H](O[C@H]3C[C@H]5[C@H](O[C@@H]6[C@@H](OC)OCCN65)[C@H](C)O3)C2)C(=O)c2c(OC)cccc2C4=O)C(C)C)C1=O. The third-order valence-corrected chi connectivity index (χ3v) is 14.4. The molecule has 9 N–H and O–H groups in total. The molecule has 6 aliphatic rings. The number of hydrogen-bond acceptors (Lipinski definition) is 20. The number of carbonyl (C=O) groups excluding carboxylic acids is 9. The Labute approximate surface area is 436 Å². The van der Waals surface area contributed by atoms with Crippen molar-refractivity contribution in [3.8, 4) is 17.2 Å². The topological polar surface area (TPSA) is 357 Å². The van der Waals surface area contributed by atoms with Gasteiger partial charge in [0, 0.05) is 95.9 Å². The van der Waals surface area contributed by atoms with Crippen LogP contribution in [0.2, 0.25) is 0 Å². The summed E-state index contributed by atoms with van der Waals surface area (Å²) in [4.78, 5) is 121. The number of aromatic hydroxyl groups is 2. The lowest BCUT2D eigenvalue weighted by Crippen LogP contribution is -2.57. The fraction of sp³-hybridized carbons (Fsp3) is 0.580. The number of ketones is 2. The first-order valence-corrected chi connectivity index (χ1v) is 24.9. The van der Waals surface area contributed by atoms with Crippen LogP contribution in [0, 0.1) is 5.92 Å². The van der Waals surface area contributed by atoms with Crippen molar-refractivity contribution in [2.75, 3.05) is 60.2 Å². The summed E-state index contributed by atoms with van der Waals surface area (Å²) in [7, 11) is 2.81. The van der Waals surface area contributed by atoms with Gasteiger partial charge in [0.2, 0.25) is 41.2 Å². The van der Waals surface area contributed by atoms with E-state index in [1.54, 1.807) is 20.8 Å². The number of ether oxygens (including phenoxy) is 6. The van der Waals surface area contributed by atoms with Crippen molar-refractivity contribution in [3.63, 3.8) is 0 Å². The number of hydrogen-bond donors (Lipinski definition) is 9. The molecule has 4 fully saturated rings. The van der Waals surface area contributed by atoms with E-state index in [1.165, 1.54) is 32.4 Å². The van der Waals surface area contributed by atoms with Gasteiger partial charge in [0.05, 0.1) is 49.2 Å². The Morgan fingerprint density at radius 2 is 1.64 bits per heavy atom. The molecule has 412 valence electrons. The van der Waals surface area contributed by atoms with Crippen LogP contribution in [0.4, 0.5) is 0 Å². The van der Waals surface area contributed by atoms with Gasteiger partial charge in [-0.15, -0.1) is 0 Å². The summed E-state index contributed by atoms with van der Waals surface area (Å²) in [5.41, 5.74) is -4.18. The second-order valence-electron chi connectivity index (χ2n) is 19.6. The molecular formula is C50H63N7O19. The van der Waals surface area contributed by atoms with Crippen LogP contribution in [0.1, 0.15) is 103 Å². The third-order valence-electron chi connectivity index (χ3n) is 14.4. The van der Waals surface area contributed by atoms with Gasteiger partial charge < -0.3 is 75.4 Å². The standard InChI is InChI=1S/C50H63N7O19/c1-22(2)39(55-30(59)11-12-51-31(60)20-57-32(61)9-10-33(57)62)46(68)54-26(21-58)45(67)52-13-14-53-49(69)50(70)18-25-36(43(66)38-37(41(25)64)40(63)24-7-6-8-28(71-4)35(24)42(38)65)29(19-50)75-34-17-27-44(23(3)74-34)76-47-48(72-5)73-16-15-56(27)47/h6-8,22-23,26-27,29,34,39,44,47-48,58,64,66,70H,9-21H2,1-5H3,(H,51,60)(H,52,67)(H,53,69)(H,54,68)(H,55,59)/t23-,26-,27-,29-,34-,39-,44+,47+,48-,50-/m0/s1/i9T/t9?,23-,26-,27-,29-,34-,39-,44+,47+,48-,50-. The van der Waals surface area contributed by atoms with E-state index >= 15 is 0 Å². The van der Waals surface area contributed by atoms with Crippen molar-refractivity contribution < 1.29 is 93.4 Å². The van der Waals surface area contributed by atoms with Crippen molar-refractivity contribution in [1.82, 2.24) is 36.4 Å². The van der Waals surface area contributed by atoms with E-state index in [0.29, 0.717) is 18.1 Å². The largest absolute Gasteiger partial charge is 0.507 e. The highest BCUT2D eigenvalue weighted by molar-refractivity contribution is 6.31. The highest BCUT2D eigenvalue weighted by atomic mass is 16.7. The first-order chi connectivity index (χ1) is 36.6. The van der Waals surface area contributed by atoms with Crippen LogP contribution in [-0.2, 0) is 63.7 Å². The van der Waals surface area contributed by atoms with Crippen molar-refractivity contribution in [1.29, 1.82) is 0 Å². The zero-order chi connectivity index (χ0) is 55.8. The minimum Gasteiger partial charge on any atom is -0.507 e. The molecule has 26 heteroatoms. The normalized spacial score (nSPS) is 27.7. The second kappa shape index (κ2) is 22.9. The number of rotatable bonds is 19. The first kappa shape index (κ1) is 54.2. The molecule has 76 heavy (non-hydrogen) atoms. The van der Waals surface area contributed by atoms with Gasteiger partial charge in [-0.1, -0.05) is 26.0 Å². The number of nitrogens with one attached hydrogen (secondary N) is 5. The Bertz CT molecular complexity index is 2730. The molecule has 2 aromatic rings. The van der Waals surface area contributed by atoms with Gasteiger partial charge in [0.25, 0.3) is 5.91 Å². The first-order valence-electron chi connectivity index (χ1n) is 25.5. The molecule has 0 spiro atoms. The van der Waals surface area contributed by atoms with Crippen molar-refractivity contribution in [3.05, 3.63) is 51.6 Å². The van der Waals surface area contributed by atoms with Crippen LogP contribution < -0.4 is 31.3 Å². The molecule has 0 bridgehead atoms. The summed E-state index contributed by atoms with van der Waals surface area (Å²) in [5.74, 6) is -9.26. The van der Waals surface area contributed by atoms with E-state index < -0.39 is 169 Å². The number of likely N-dealkylation sites (tertiary alicyclic amines) is 1. The fourth-order valence-electron chi connectivity index (χ4n) is 10.6. The molecule has 7 amide bonds. The average molecular weight is 1070 g/mol. The number of aliphatic hydroxyl groups excluding tert-OH is 1. The summed E-state index contributed by atoms with van der Waals surface area (Å²) in [6.07, 6.45) is -7.79. The molecule has 0 radical (unpaired) electrons. The fourth-order valence-corrected chi connectivity index (χ4v) is 10.6. The van der Waals surface area contributed by atoms with E-state index in [4.69, 9.17) is 29.8 Å². The van der Waals surface area contributed by atoms with Crippen LogP contribution in [0.25, 0.3) is 0 Å². The molecule has 4 saturated heterocycles. The van der Waals surface area contributed by atoms with Crippen LogP contribution in [0.15, 0.2) is 18.2 Å². The lowest BCUT2D eigenvalue weighted by atomic mass is 9.72. The van der Waals surface area contributed by atoms with Crippen LogP contribution in [0.3, 0.4) is 0 Å². The highest BCUT2D eigenvalue weighted by Gasteiger charge is 2.55. The number of morpholine rings is 1. The maximum atomic E-state index is 14.3. The van der Waals surface area contributed by atoms with Gasteiger partial charge in [0.15, 0.2) is 24.6 Å². The zero-order valence-electron chi connectivity index (χ0n) is 43.4. The van der Waals surface area contributed by atoms with Crippen LogP contribution in [0.5, 0.6) is 17.2 Å². The Hall–Kier alpha value is -6.65. The van der Waals surface area contributed by atoms with Gasteiger partial charge in [-0.05, 0) is 18.9 Å². The number of carbonyl (C=O) groups is 9. The van der Waals surface area contributed by atoms with Crippen molar-refractivity contribution in [2.24, 2.45) is 5.92 Å². The van der Waals surface area contributed by atoms with E-state index in [9.17, 15) is 63.6 Å². The number of phenols is 2. The van der Waals surface area contributed by atoms with Crippen LogP contribution in [-0.4, -0.2) is 198 Å². The summed E-state index contributed by atoms with van der Waals surface area (Å²) in [5, 5.41) is 58.9. The van der Waals surface area contributed by atoms with Gasteiger partial charge >= 0.3 is 0 Å². The molecule has 26 nitrogen and oxygen atoms in total. The van der Waals surface area contributed by atoms with E-state index in [1.807, 2.05) is 0 Å². The van der Waals surface area contributed by atoms with E-state index in [-0.39, 0.29) is 72.9 Å². The van der Waals surface area contributed by atoms with Gasteiger partial charge in [-0.25, -0.2) is 0 Å². The van der Waals surface area contributed by atoms with E-state index in [2.05, 4.69) is 31.5 Å². The maximum absolute atomic E-state index is 14.3. The van der Waals surface area contributed by atoms with Crippen molar-refractivity contribution in [2.45, 2.75) is 120 Å². The Morgan fingerprint density at radius 3 is 2.33 bits per heavy atom. The molecular weight excluding hydrogens is 1000 g/mol. The number of amides is 7. The highest BCUT2D eigenvalue weighted by Crippen LogP contribution is 2.53. The molecule has 1 unspecified atom stereocenters. The molecule has 11 atom stereocenters. The number of methoxy groups -OCH3 is 2. The van der Waals surface area contributed by atoms with Gasteiger partial charge in [0.1, 0.15) is 47.6 Å². The number of imide groups is 1. The number of benzene rings is 2. The minimum atomic E-state index is -2.44. The minimum absolute atomic E-state index is 0.0469. The summed E-state index contributed by atoms with van der Waals surface area (Å²) in [6, 6.07) is 1.27. The predicted molar refractivity (Wildman–Crippen MR) is 257 cm³/mol. The number of aliphatic hydroxyl groups is 2. The van der Waals surface area contributed by atoms with Gasteiger partial charge in [-0.2, -0.15) is 0 Å². The Morgan fingerprint density at radius 1 is 0.908 bits per heavy atom. The maximum Gasteiger partial charge on any atom is 0.252 e. The number of phenolic OH excluding ortho intramolecular Hbond substituents is 2. The monoisotopic (exact) mass is 1070 g/mol. The summed E-state index contributed by atoms with van der Waals surface area (Å²) < 4.78 is 43.4. The van der Waals surface area contributed by atoms with Crippen LogP contribution >= 0.6 is 0 Å². The average Bonchev–Trinajstić information content (AvgIpc) is 3.97. The third kappa shape index (κ3) is 10.8. The molecule has 0 saturated carbocycles. The zero-order valence-corrected chi connectivity index (χ0v) is 42.4. The summed E-state index contributed by atoms with van der Waals surface area (Å²) in [6.45, 7) is 3.46. The van der Waals surface area contributed by atoms with Gasteiger partial charge in [-0.3, -0.25) is 53.0 Å². The lowest BCUT2D eigenvalue weighted by molar-refractivity contribution is -0.256. The summed E-state index contributed by atoms with van der Waals surface area (Å²) >= 11 is 0. The number of fused-ring (bicyclic) bond motifs is 6. The molecule has 2 aromatic carbocycles. The molecule has 8 rings (SSSR count). The van der Waals surface area contributed by atoms with E-state index in [0.717, 1.165) is 0 Å². The Balaban J connectivity index is 0.923. The molecule has 2 aliphatic carbocycles. The molecule has 0 aromatic heterocycles. The second-order valence-corrected chi connectivity index (χ2v) is 19.6. The molecule has 4 aliphatic heterocycles. The predicted octanol–water partition coefficient (Wildman–Crippen LogP) is -2.34. The Kier molecular flexibility index (Phi) is 16.3. The lowest BCUT2D eigenvalue weighted by Gasteiger charge is -2.43. The quantitative estimate of drug-likeness (QED) is 0.0345. The number of nitrogens with zero attached hydrogens (tertiary/aromatic N) is 2. The smallest absolute Gasteiger partial charge is 0.252 e.